The van der Waals surface area contributed by atoms with Crippen LogP contribution in [0.25, 0.3) is 0 Å². The van der Waals surface area contributed by atoms with E-state index in [-0.39, 0.29) is 24.8 Å². The maximum Gasteiger partial charge on any atom is 0.335 e. The van der Waals surface area contributed by atoms with E-state index in [4.69, 9.17) is 5.11 Å². The van der Waals surface area contributed by atoms with E-state index in [0.29, 0.717) is 16.8 Å². The highest BCUT2D eigenvalue weighted by Gasteiger charge is 2.19. The molecule has 0 aliphatic heterocycles. The first-order valence-electron chi connectivity index (χ1n) is 8.17. The summed E-state index contributed by atoms with van der Waals surface area (Å²) in [7, 11) is 0. The Morgan fingerprint density at radius 1 is 1.15 bits per heavy atom. The molecule has 0 radical (unpaired) electrons. The number of nitro groups is 1. The molecule has 1 amide bonds. The highest BCUT2D eigenvalue weighted by atomic mass is 16.6. The van der Waals surface area contributed by atoms with Gasteiger partial charge in [0.2, 0.25) is 11.7 Å². The number of nitrogens with zero attached hydrogens (tertiary/aromatic N) is 1. The van der Waals surface area contributed by atoms with Gasteiger partial charge in [-0.15, -0.1) is 0 Å². The van der Waals surface area contributed by atoms with E-state index < -0.39 is 34.0 Å². The standard InChI is InChI=1S/C18H22N2O7/c1-4-12(17(23)16(22)11(3)20(26)27)7-8-15(21)19-14-9-13(18(24)25)6-5-10(14)2/h5-6,9,22-23H,4,7-8H2,1-3H3,(H,19,21)(H,24,25)/b16-11-,17-12-. The average molecular weight is 378 g/mol. The third kappa shape index (κ3) is 5.84. The average Bonchev–Trinajstić information content (AvgIpc) is 2.62. The van der Waals surface area contributed by atoms with E-state index in [2.05, 4.69) is 5.32 Å². The van der Waals surface area contributed by atoms with Crippen molar-refractivity contribution in [3.8, 4) is 0 Å². The Morgan fingerprint density at radius 3 is 2.30 bits per heavy atom. The molecule has 1 aromatic rings. The summed E-state index contributed by atoms with van der Waals surface area (Å²) in [5.41, 5.74) is 0.777. The Labute approximate surface area is 155 Å². The van der Waals surface area contributed by atoms with Crippen molar-refractivity contribution in [2.75, 3.05) is 5.32 Å². The molecule has 0 aliphatic carbocycles. The monoisotopic (exact) mass is 378 g/mol. The number of carboxylic acid groups (broad SMARTS) is 1. The highest BCUT2D eigenvalue weighted by molar-refractivity contribution is 5.94. The number of benzene rings is 1. The van der Waals surface area contributed by atoms with Gasteiger partial charge >= 0.3 is 5.97 Å². The van der Waals surface area contributed by atoms with Crippen LogP contribution in [0.15, 0.2) is 41.0 Å². The minimum Gasteiger partial charge on any atom is -0.504 e. The zero-order valence-electron chi connectivity index (χ0n) is 15.3. The number of aliphatic hydroxyl groups excluding tert-OH is 2. The molecule has 0 saturated heterocycles. The number of amides is 1. The number of nitrogens with one attached hydrogen (secondary N) is 1. The first-order chi connectivity index (χ1) is 12.6. The van der Waals surface area contributed by atoms with Crippen molar-refractivity contribution < 1.29 is 29.8 Å². The van der Waals surface area contributed by atoms with E-state index in [1.165, 1.54) is 12.1 Å². The van der Waals surface area contributed by atoms with E-state index in [9.17, 15) is 29.9 Å². The molecule has 0 heterocycles. The molecule has 0 saturated carbocycles. The molecule has 0 bridgehead atoms. The molecule has 0 fully saturated rings. The second-order valence-electron chi connectivity index (χ2n) is 5.88. The van der Waals surface area contributed by atoms with Gasteiger partial charge in [-0.2, -0.15) is 0 Å². The van der Waals surface area contributed by atoms with Gasteiger partial charge in [-0.3, -0.25) is 14.9 Å². The van der Waals surface area contributed by atoms with Crippen molar-refractivity contribution in [2.45, 2.75) is 40.0 Å². The van der Waals surface area contributed by atoms with Gasteiger partial charge in [0.1, 0.15) is 0 Å². The van der Waals surface area contributed by atoms with Crippen molar-refractivity contribution in [3.05, 3.63) is 62.2 Å². The lowest BCUT2D eigenvalue weighted by Crippen LogP contribution is -2.13. The van der Waals surface area contributed by atoms with Crippen LogP contribution < -0.4 is 5.32 Å². The van der Waals surface area contributed by atoms with Gasteiger partial charge in [-0.1, -0.05) is 13.0 Å². The SMILES string of the molecule is CC/C(CCC(=O)Nc1cc(C(=O)O)ccc1C)=C(O)\C(O)=C(/C)[N+](=O)[O-]. The van der Waals surface area contributed by atoms with E-state index in [0.717, 1.165) is 6.92 Å². The molecule has 9 heteroatoms. The van der Waals surface area contributed by atoms with E-state index >= 15 is 0 Å². The van der Waals surface area contributed by atoms with Crippen molar-refractivity contribution in [2.24, 2.45) is 0 Å². The molecule has 0 aromatic heterocycles. The van der Waals surface area contributed by atoms with Crippen LogP contribution in [0.3, 0.4) is 0 Å². The van der Waals surface area contributed by atoms with Crippen LogP contribution in [0.4, 0.5) is 5.69 Å². The normalized spacial score (nSPS) is 12.7. The number of carbonyl (C=O) groups is 2. The number of carbonyl (C=O) groups excluding carboxylic acids is 1. The number of hydrogen-bond acceptors (Lipinski definition) is 6. The largest absolute Gasteiger partial charge is 0.504 e. The van der Waals surface area contributed by atoms with Crippen molar-refractivity contribution >= 4 is 17.6 Å². The van der Waals surface area contributed by atoms with Crippen molar-refractivity contribution in [1.82, 2.24) is 0 Å². The smallest absolute Gasteiger partial charge is 0.335 e. The van der Waals surface area contributed by atoms with Gasteiger partial charge in [0.15, 0.2) is 5.76 Å². The van der Waals surface area contributed by atoms with Crippen LogP contribution in [0.2, 0.25) is 0 Å². The number of hydrogen-bond donors (Lipinski definition) is 4. The molecule has 0 spiro atoms. The third-order valence-corrected chi connectivity index (χ3v) is 4.01. The Kier molecular flexibility index (Phi) is 7.52. The Bertz CT molecular complexity index is 825. The molecule has 146 valence electrons. The van der Waals surface area contributed by atoms with Crippen LogP contribution in [0.5, 0.6) is 0 Å². The minimum atomic E-state index is -1.12. The number of aromatic carboxylic acids is 1. The summed E-state index contributed by atoms with van der Waals surface area (Å²) >= 11 is 0. The predicted molar refractivity (Wildman–Crippen MR) is 98.3 cm³/mol. The maximum absolute atomic E-state index is 12.2. The van der Waals surface area contributed by atoms with Gasteiger partial charge in [0, 0.05) is 19.0 Å². The molecule has 0 aliphatic rings. The molecule has 4 N–H and O–H groups in total. The molecular formula is C18H22N2O7. The predicted octanol–water partition coefficient (Wildman–Crippen LogP) is 3.70. The summed E-state index contributed by atoms with van der Waals surface area (Å²) in [5, 5.41) is 42.1. The lowest BCUT2D eigenvalue weighted by Gasteiger charge is -2.11. The first-order valence-corrected chi connectivity index (χ1v) is 8.17. The number of aryl methyl sites for hydroxylation is 1. The maximum atomic E-state index is 12.2. The van der Waals surface area contributed by atoms with Crippen LogP contribution in [-0.4, -0.2) is 32.1 Å². The number of carboxylic acids is 1. The van der Waals surface area contributed by atoms with Crippen molar-refractivity contribution in [1.29, 1.82) is 0 Å². The van der Waals surface area contributed by atoms with Crippen molar-refractivity contribution in [3.63, 3.8) is 0 Å². The molecular weight excluding hydrogens is 356 g/mol. The number of rotatable bonds is 8. The first kappa shape index (κ1) is 21.7. The third-order valence-electron chi connectivity index (χ3n) is 4.01. The summed E-state index contributed by atoms with van der Waals surface area (Å²) in [6.45, 7) is 4.45. The quantitative estimate of drug-likeness (QED) is 0.233. The highest BCUT2D eigenvalue weighted by Crippen LogP contribution is 2.22. The zero-order valence-corrected chi connectivity index (χ0v) is 15.3. The van der Waals surface area contributed by atoms with Gasteiger partial charge in [-0.25, -0.2) is 4.79 Å². The summed E-state index contributed by atoms with van der Waals surface area (Å²) in [4.78, 5) is 33.0. The lowest BCUT2D eigenvalue weighted by atomic mass is 10.0. The van der Waals surface area contributed by atoms with E-state index in [1.54, 1.807) is 19.9 Å². The van der Waals surface area contributed by atoms with Gasteiger partial charge in [0.25, 0.3) is 5.70 Å². The Hall–Kier alpha value is -3.36. The fourth-order valence-electron chi connectivity index (χ4n) is 2.25. The second-order valence-corrected chi connectivity index (χ2v) is 5.88. The van der Waals surface area contributed by atoms with Crippen LogP contribution in [-0.2, 0) is 4.79 Å². The summed E-state index contributed by atoms with van der Waals surface area (Å²) in [5.74, 6) is -2.98. The number of aliphatic hydroxyl groups is 2. The summed E-state index contributed by atoms with van der Waals surface area (Å²) in [6.07, 6.45) is 0.289. The topological polar surface area (TPSA) is 150 Å². The van der Waals surface area contributed by atoms with Gasteiger partial charge in [-0.05, 0) is 43.0 Å². The number of anilines is 1. The molecule has 9 nitrogen and oxygen atoms in total. The Balaban J connectivity index is 2.90. The zero-order chi connectivity index (χ0) is 20.7. The Morgan fingerprint density at radius 2 is 1.78 bits per heavy atom. The van der Waals surface area contributed by atoms with Crippen LogP contribution >= 0.6 is 0 Å². The fraction of sp³-hybridized carbons (Fsp3) is 0.333. The lowest BCUT2D eigenvalue weighted by molar-refractivity contribution is -0.427. The molecule has 0 atom stereocenters. The number of allylic oxidation sites excluding steroid dienone is 2. The molecule has 1 aromatic carbocycles. The molecule has 1 rings (SSSR count). The summed E-state index contributed by atoms with van der Waals surface area (Å²) in [6, 6.07) is 4.35. The van der Waals surface area contributed by atoms with Crippen LogP contribution in [0, 0.1) is 17.0 Å². The molecule has 0 unspecified atom stereocenters. The van der Waals surface area contributed by atoms with Gasteiger partial charge in [0.05, 0.1) is 10.5 Å². The molecule has 27 heavy (non-hydrogen) atoms. The second kappa shape index (κ2) is 9.37. The van der Waals surface area contributed by atoms with Gasteiger partial charge < -0.3 is 20.6 Å². The van der Waals surface area contributed by atoms with Crippen LogP contribution in [0.1, 0.15) is 49.0 Å². The fourth-order valence-corrected chi connectivity index (χ4v) is 2.25. The minimum absolute atomic E-state index is 0.0352. The summed E-state index contributed by atoms with van der Waals surface area (Å²) < 4.78 is 0. The van der Waals surface area contributed by atoms with E-state index in [1.807, 2.05) is 0 Å².